The van der Waals surface area contributed by atoms with Crippen molar-refractivity contribution in [3.05, 3.63) is 24.3 Å². The first-order valence-electron chi connectivity index (χ1n) is 2.85. The predicted octanol–water partition coefficient (Wildman–Crippen LogP) is 1.47. The summed E-state index contributed by atoms with van der Waals surface area (Å²) in [5.41, 5.74) is 6.60. The minimum atomic E-state index is 0.655. The van der Waals surface area contributed by atoms with Gasteiger partial charge in [-0.1, -0.05) is 31.2 Å². The number of hydrogen-bond acceptors (Lipinski definition) is 1. The molecule has 0 atom stereocenters. The van der Waals surface area contributed by atoms with Gasteiger partial charge in [-0.3, -0.25) is 0 Å². The molecular weight excluding hydrogens is 98.1 g/mol. The molecule has 0 spiro atoms. The Hall–Kier alpha value is -0.560. The van der Waals surface area contributed by atoms with Gasteiger partial charge >= 0.3 is 0 Å². The number of hydrogen-bond donors (Lipinski definition) is 1. The molecule has 0 saturated carbocycles. The summed E-state index contributed by atoms with van der Waals surface area (Å²) in [7, 11) is 0. The molecule has 0 fully saturated rings. The first-order chi connectivity index (χ1) is 3.85. The SMILES string of the molecule is C=C/C=C(\CC)CN. The Morgan fingerprint density at radius 3 is 2.50 bits per heavy atom. The average molecular weight is 111 g/mol. The monoisotopic (exact) mass is 111 g/mol. The fraction of sp³-hybridized carbons (Fsp3) is 0.429. The van der Waals surface area contributed by atoms with Crippen molar-refractivity contribution in [2.75, 3.05) is 6.54 Å². The van der Waals surface area contributed by atoms with Crippen molar-refractivity contribution in [2.24, 2.45) is 5.73 Å². The van der Waals surface area contributed by atoms with E-state index in [1.54, 1.807) is 6.08 Å². The molecule has 0 amide bonds. The largest absolute Gasteiger partial charge is 0.327 e. The van der Waals surface area contributed by atoms with Crippen LogP contribution in [0, 0.1) is 0 Å². The van der Waals surface area contributed by atoms with Crippen molar-refractivity contribution < 1.29 is 0 Å². The zero-order valence-corrected chi connectivity index (χ0v) is 5.35. The van der Waals surface area contributed by atoms with Crippen LogP contribution in [-0.4, -0.2) is 6.54 Å². The molecule has 8 heavy (non-hydrogen) atoms. The summed E-state index contributed by atoms with van der Waals surface area (Å²) < 4.78 is 0. The zero-order chi connectivity index (χ0) is 6.41. The van der Waals surface area contributed by atoms with Crippen LogP contribution in [0.15, 0.2) is 24.3 Å². The van der Waals surface area contributed by atoms with E-state index in [1.165, 1.54) is 5.57 Å². The van der Waals surface area contributed by atoms with Crippen LogP contribution in [0.1, 0.15) is 13.3 Å². The lowest BCUT2D eigenvalue weighted by Gasteiger charge is -1.94. The molecule has 0 heterocycles. The molecule has 0 saturated heterocycles. The topological polar surface area (TPSA) is 26.0 Å². The Balaban J connectivity index is 3.66. The van der Waals surface area contributed by atoms with Crippen LogP contribution in [0.2, 0.25) is 0 Å². The van der Waals surface area contributed by atoms with E-state index in [0.29, 0.717) is 6.54 Å². The highest BCUT2D eigenvalue weighted by molar-refractivity contribution is 5.10. The van der Waals surface area contributed by atoms with Crippen molar-refractivity contribution in [3.8, 4) is 0 Å². The van der Waals surface area contributed by atoms with E-state index in [1.807, 2.05) is 6.08 Å². The second-order valence-electron chi connectivity index (χ2n) is 1.62. The highest BCUT2D eigenvalue weighted by atomic mass is 14.5. The lowest BCUT2D eigenvalue weighted by Crippen LogP contribution is -2.01. The molecule has 46 valence electrons. The fourth-order valence-electron chi connectivity index (χ4n) is 0.497. The zero-order valence-electron chi connectivity index (χ0n) is 5.35. The molecule has 0 aliphatic rings. The second kappa shape index (κ2) is 4.60. The van der Waals surface area contributed by atoms with Crippen LogP contribution in [0.3, 0.4) is 0 Å². The Kier molecular flexibility index (Phi) is 4.27. The van der Waals surface area contributed by atoms with Crippen molar-refractivity contribution in [2.45, 2.75) is 13.3 Å². The first kappa shape index (κ1) is 7.44. The van der Waals surface area contributed by atoms with Gasteiger partial charge in [0, 0.05) is 6.54 Å². The lowest BCUT2D eigenvalue weighted by atomic mass is 10.2. The van der Waals surface area contributed by atoms with Crippen molar-refractivity contribution >= 4 is 0 Å². The molecule has 0 aromatic rings. The normalized spacial score (nSPS) is 11.5. The lowest BCUT2D eigenvalue weighted by molar-refractivity contribution is 1.01. The molecule has 0 aliphatic heterocycles. The third-order valence-electron chi connectivity index (χ3n) is 1.07. The summed E-state index contributed by atoms with van der Waals surface area (Å²) in [4.78, 5) is 0. The third-order valence-corrected chi connectivity index (χ3v) is 1.07. The molecule has 0 radical (unpaired) electrons. The van der Waals surface area contributed by atoms with Crippen LogP contribution < -0.4 is 5.73 Å². The van der Waals surface area contributed by atoms with Crippen LogP contribution in [0.5, 0.6) is 0 Å². The highest BCUT2D eigenvalue weighted by Gasteiger charge is 1.83. The Morgan fingerprint density at radius 1 is 1.75 bits per heavy atom. The summed E-state index contributed by atoms with van der Waals surface area (Å²) in [6, 6.07) is 0. The van der Waals surface area contributed by atoms with Crippen LogP contribution in [0.25, 0.3) is 0 Å². The minimum absolute atomic E-state index is 0.655. The number of nitrogens with two attached hydrogens (primary N) is 1. The Morgan fingerprint density at radius 2 is 2.38 bits per heavy atom. The van der Waals surface area contributed by atoms with E-state index in [-0.39, 0.29) is 0 Å². The van der Waals surface area contributed by atoms with Crippen LogP contribution in [-0.2, 0) is 0 Å². The quantitative estimate of drug-likeness (QED) is 0.548. The molecule has 0 unspecified atom stereocenters. The third kappa shape index (κ3) is 2.59. The molecule has 1 heteroatoms. The van der Waals surface area contributed by atoms with E-state index >= 15 is 0 Å². The van der Waals surface area contributed by atoms with E-state index in [0.717, 1.165) is 6.42 Å². The number of allylic oxidation sites excluding steroid dienone is 2. The molecular formula is C7H13N. The summed E-state index contributed by atoms with van der Waals surface area (Å²) in [6.07, 6.45) is 4.76. The maximum atomic E-state index is 5.35. The molecule has 0 aromatic carbocycles. The van der Waals surface area contributed by atoms with E-state index in [4.69, 9.17) is 5.73 Å². The Labute approximate surface area is 50.9 Å². The van der Waals surface area contributed by atoms with Crippen molar-refractivity contribution in [3.63, 3.8) is 0 Å². The molecule has 0 aliphatic carbocycles. The fourth-order valence-corrected chi connectivity index (χ4v) is 0.497. The summed E-state index contributed by atoms with van der Waals surface area (Å²) in [5.74, 6) is 0. The van der Waals surface area contributed by atoms with Gasteiger partial charge in [0.25, 0.3) is 0 Å². The first-order valence-corrected chi connectivity index (χ1v) is 2.85. The summed E-state index contributed by atoms with van der Waals surface area (Å²) >= 11 is 0. The maximum absolute atomic E-state index is 5.35. The molecule has 0 rings (SSSR count). The summed E-state index contributed by atoms with van der Waals surface area (Å²) in [6.45, 7) is 6.31. The van der Waals surface area contributed by atoms with Gasteiger partial charge in [-0.05, 0) is 6.42 Å². The van der Waals surface area contributed by atoms with E-state index < -0.39 is 0 Å². The van der Waals surface area contributed by atoms with Gasteiger partial charge in [-0.25, -0.2) is 0 Å². The second-order valence-corrected chi connectivity index (χ2v) is 1.62. The van der Waals surface area contributed by atoms with Gasteiger partial charge in [0.05, 0.1) is 0 Å². The van der Waals surface area contributed by atoms with Gasteiger partial charge < -0.3 is 5.73 Å². The highest BCUT2D eigenvalue weighted by Crippen LogP contribution is 1.95. The predicted molar refractivity (Wildman–Crippen MR) is 37.6 cm³/mol. The molecule has 0 aromatic heterocycles. The standard InChI is InChI=1S/C7H13N/c1-3-5-7(4-2)6-8/h3,5H,1,4,6,8H2,2H3/b7-5+. The van der Waals surface area contributed by atoms with Gasteiger partial charge in [0.15, 0.2) is 0 Å². The number of rotatable bonds is 3. The maximum Gasteiger partial charge on any atom is 0.0139 e. The van der Waals surface area contributed by atoms with Crippen LogP contribution >= 0.6 is 0 Å². The summed E-state index contributed by atoms with van der Waals surface area (Å²) in [5, 5.41) is 0. The van der Waals surface area contributed by atoms with Crippen LogP contribution in [0.4, 0.5) is 0 Å². The van der Waals surface area contributed by atoms with E-state index in [2.05, 4.69) is 13.5 Å². The molecule has 2 N–H and O–H groups in total. The van der Waals surface area contributed by atoms with Gasteiger partial charge in [-0.2, -0.15) is 0 Å². The van der Waals surface area contributed by atoms with E-state index in [9.17, 15) is 0 Å². The van der Waals surface area contributed by atoms with Gasteiger partial charge in [0.1, 0.15) is 0 Å². The Bertz CT molecular complexity index is 86.6. The smallest absolute Gasteiger partial charge is 0.0139 e. The minimum Gasteiger partial charge on any atom is -0.327 e. The van der Waals surface area contributed by atoms with Gasteiger partial charge in [-0.15, -0.1) is 0 Å². The molecule has 0 bridgehead atoms. The average Bonchev–Trinajstić information content (AvgIpc) is 1.83. The van der Waals surface area contributed by atoms with Crippen molar-refractivity contribution in [1.29, 1.82) is 0 Å². The van der Waals surface area contributed by atoms with Crippen molar-refractivity contribution in [1.82, 2.24) is 0 Å². The molecule has 1 nitrogen and oxygen atoms in total. The van der Waals surface area contributed by atoms with Gasteiger partial charge in [0.2, 0.25) is 0 Å².